The molecule has 126 valence electrons. The lowest BCUT2D eigenvalue weighted by atomic mass is 10.1. The van der Waals surface area contributed by atoms with E-state index in [0.717, 1.165) is 5.56 Å². The lowest BCUT2D eigenvalue weighted by molar-refractivity contribution is -0.120. The van der Waals surface area contributed by atoms with Gasteiger partial charge in [0.2, 0.25) is 18.6 Å². The molecule has 0 spiro atoms. The predicted octanol–water partition coefficient (Wildman–Crippen LogP) is 1.21. The molecule has 2 N–H and O–H groups in total. The van der Waals surface area contributed by atoms with Gasteiger partial charge < -0.3 is 24.6 Å². The summed E-state index contributed by atoms with van der Waals surface area (Å²) in [7, 11) is 1.51. The van der Waals surface area contributed by atoms with Crippen LogP contribution < -0.4 is 19.5 Å². The van der Waals surface area contributed by atoms with E-state index < -0.39 is 6.10 Å². The van der Waals surface area contributed by atoms with Crippen LogP contribution in [0.2, 0.25) is 0 Å². The summed E-state index contributed by atoms with van der Waals surface area (Å²) < 4.78 is 15.5. The van der Waals surface area contributed by atoms with Crippen molar-refractivity contribution in [3.8, 4) is 17.4 Å². The number of aromatic nitrogens is 1. The highest BCUT2D eigenvalue weighted by atomic mass is 16.7. The SMILES string of the molecule is COc1cccc(C(O)CNC(=O)Cc2ccc3c(c2)OCO3)n1. The van der Waals surface area contributed by atoms with Gasteiger partial charge in [0.15, 0.2) is 11.5 Å². The van der Waals surface area contributed by atoms with Crippen LogP contribution in [0.1, 0.15) is 17.4 Å². The number of amides is 1. The molecule has 2 heterocycles. The molecule has 0 saturated heterocycles. The number of aliphatic hydroxyl groups is 1. The smallest absolute Gasteiger partial charge is 0.231 e. The molecule has 0 aliphatic carbocycles. The highest BCUT2D eigenvalue weighted by molar-refractivity contribution is 5.78. The van der Waals surface area contributed by atoms with Crippen LogP contribution in [0.25, 0.3) is 0 Å². The third kappa shape index (κ3) is 3.75. The molecule has 1 aromatic carbocycles. The van der Waals surface area contributed by atoms with Gasteiger partial charge in [-0.1, -0.05) is 12.1 Å². The number of fused-ring (bicyclic) bond motifs is 1. The Kier molecular flexibility index (Phi) is 4.81. The first-order chi connectivity index (χ1) is 11.7. The summed E-state index contributed by atoms with van der Waals surface area (Å²) in [5, 5.41) is 12.8. The number of nitrogens with zero attached hydrogens (tertiary/aromatic N) is 1. The monoisotopic (exact) mass is 330 g/mol. The number of carbonyl (C=O) groups excluding carboxylic acids is 1. The van der Waals surface area contributed by atoms with Crippen LogP contribution in [-0.4, -0.2) is 36.4 Å². The van der Waals surface area contributed by atoms with Crippen molar-refractivity contribution in [1.29, 1.82) is 0 Å². The molecule has 0 saturated carbocycles. The molecule has 7 nitrogen and oxygen atoms in total. The van der Waals surface area contributed by atoms with E-state index in [-0.39, 0.29) is 25.7 Å². The second kappa shape index (κ2) is 7.18. The number of nitrogens with one attached hydrogen (secondary N) is 1. The summed E-state index contributed by atoms with van der Waals surface area (Å²) in [6, 6.07) is 10.5. The van der Waals surface area contributed by atoms with Crippen LogP contribution in [0.4, 0.5) is 0 Å². The lowest BCUT2D eigenvalue weighted by Gasteiger charge is -2.12. The highest BCUT2D eigenvalue weighted by Gasteiger charge is 2.15. The Hall–Kier alpha value is -2.80. The zero-order valence-corrected chi connectivity index (χ0v) is 13.2. The van der Waals surface area contributed by atoms with E-state index in [0.29, 0.717) is 23.1 Å². The van der Waals surface area contributed by atoms with E-state index >= 15 is 0 Å². The number of hydrogen-bond acceptors (Lipinski definition) is 6. The molecular weight excluding hydrogens is 312 g/mol. The standard InChI is InChI=1S/C17H18N2O5/c1-22-17-4-2-3-12(19-17)13(20)9-18-16(21)8-11-5-6-14-15(7-11)24-10-23-14/h2-7,13,20H,8-10H2,1H3,(H,18,21). The van der Waals surface area contributed by atoms with Crippen molar-refractivity contribution in [2.75, 3.05) is 20.4 Å². The third-order valence-corrected chi connectivity index (χ3v) is 3.59. The van der Waals surface area contributed by atoms with Crippen LogP contribution in [0.15, 0.2) is 36.4 Å². The van der Waals surface area contributed by atoms with E-state index in [4.69, 9.17) is 14.2 Å². The largest absolute Gasteiger partial charge is 0.481 e. The number of pyridine rings is 1. The van der Waals surface area contributed by atoms with Crippen molar-refractivity contribution >= 4 is 5.91 Å². The topological polar surface area (TPSA) is 89.9 Å². The van der Waals surface area contributed by atoms with Crippen molar-refractivity contribution < 1.29 is 24.1 Å². The van der Waals surface area contributed by atoms with Gasteiger partial charge in [-0.25, -0.2) is 4.98 Å². The minimum absolute atomic E-state index is 0.0730. The van der Waals surface area contributed by atoms with Gasteiger partial charge in [0.25, 0.3) is 0 Å². The number of hydrogen-bond donors (Lipinski definition) is 2. The summed E-state index contributed by atoms with van der Waals surface area (Å²) in [4.78, 5) is 16.2. The molecule has 1 aliphatic heterocycles. The molecule has 3 rings (SSSR count). The van der Waals surface area contributed by atoms with Gasteiger partial charge in [-0.15, -0.1) is 0 Å². The minimum Gasteiger partial charge on any atom is -0.481 e. The molecule has 0 radical (unpaired) electrons. The molecular formula is C17H18N2O5. The summed E-state index contributed by atoms with van der Waals surface area (Å²) in [6.07, 6.45) is -0.713. The molecule has 0 bridgehead atoms. The molecule has 7 heteroatoms. The van der Waals surface area contributed by atoms with Crippen LogP contribution in [0.3, 0.4) is 0 Å². The first-order valence-electron chi connectivity index (χ1n) is 7.50. The molecule has 1 atom stereocenters. The second-order valence-electron chi connectivity index (χ2n) is 5.29. The van der Waals surface area contributed by atoms with E-state index in [1.807, 2.05) is 6.07 Å². The van der Waals surface area contributed by atoms with Crippen molar-refractivity contribution in [2.45, 2.75) is 12.5 Å². The molecule has 0 fully saturated rings. The van der Waals surface area contributed by atoms with Gasteiger partial charge in [0.05, 0.1) is 19.2 Å². The summed E-state index contributed by atoms with van der Waals surface area (Å²) in [6.45, 7) is 0.272. The van der Waals surface area contributed by atoms with E-state index in [1.54, 1.807) is 30.3 Å². The number of benzene rings is 1. The fourth-order valence-electron chi connectivity index (χ4n) is 2.34. The maximum atomic E-state index is 12.0. The van der Waals surface area contributed by atoms with Gasteiger partial charge in [-0.2, -0.15) is 0 Å². The van der Waals surface area contributed by atoms with Crippen molar-refractivity contribution in [3.63, 3.8) is 0 Å². The van der Waals surface area contributed by atoms with Crippen LogP contribution in [0, 0.1) is 0 Å². The number of methoxy groups -OCH3 is 1. The average Bonchev–Trinajstić information content (AvgIpc) is 3.07. The predicted molar refractivity (Wildman–Crippen MR) is 85.0 cm³/mol. The molecule has 2 aromatic rings. The Morgan fingerprint density at radius 2 is 2.17 bits per heavy atom. The summed E-state index contributed by atoms with van der Waals surface area (Å²) in [5.74, 6) is 1.54. The maximum Gasteiger partial charge on any atom is 0.231 e. The van der Waals surface area contributed by atoms with Crippen LogP contribution in [0.5, 0.6) is 17.4 Å². The first-order valence-corrected chi connectivity index (χ1v) is 7.50. The fraction of sp³-hybridized carbons (Fsp3) is 0.294. The third-order valence-electron chi connectivity index (χ3n) is 3.59. The maximum absolute atomic E-state index is 12.0. The van der Waals surface area contributed by atoms with Gasteiger partial charge in [0, 0.05) is 12.6 Å². The number of ether oxygens (including phenoxy) is 3. The van der Waals surface area contributed by atoms with E-state index in [1.165, 1.54) is 7.11 Å². The molecule has 1 amide bonds. The molecule has 24 heavy (non-hydrogen) atoms. The molecule has 1 aromatic heterocycles. The Morgan fingerprint density at radius 3 is 3.00 bits per heavy atom. The Bertz CT molecular complexity index is 735. The Labute approximate surface area is 139 Å². The van der Waals surface area contributed by atoms with E-state index in [2.05, 4.69) is 10.3 Å². The van der Waals surface area contributed by atoms with Crippen molar-refractivity contribution in [1.82, 2.24) is 10.3 Å². The summed E-state index contributed by atoms with van der Waals surface area (Å²) >= 11 is 0. The lowest BCUT2D eigenvalue weighted by Crippen LogP contribution is -2.30. The molecule has 1 unspecified atom stereocenters. The average molecular weight is 330 g/mol. The van der Waals surface area contributed by atoms with Gasteiger partial charge in [0.1, 0.15) is 6.10 Å². The fourth-order valence-corrected chi connectivity index (χ4v) is 2.34. The second-order valence-corrected chi connectivity index (χ2v) is 5.29. The molecule has 1 aliphatic rings. The quantitative estimate of drug-likeness (QED) is 0.827. The van der Waals surface area contributed by atoms with Gasteiger partial charge in [-0.05, 0) is 23.8 Å². The summed E-state index contributed by atoms with van der Waals surface area (Å²) in [5.41, 5.74) is 1.25. The number of aliphatic hydroxyl groups excluding tert-OH is 1. The minimum atomic E-state index is -0.902. The van der Waals surface area contributed by atoms with Crippen molar-refractivity contribution in [3.05, 3.63) is 47.7 Å². The zero-order chi connectivity index (χ0) is 16.9. The van der Waals surface area contributed by atoms with Gasteiger partial charge in [-0.3, -0.25) is 4.79 Å². The van der Waals surface area contributed by atoms with E-state index in [9.17, 15) is 9.90 Å². The number of rotatable bonds is 6. The normalized spacial score (nSPS) is 13.4. The van der Waals surface area contributed by atoms with Crippen LogP contribution in [-0.2, 0) is 11.2 Å². The highest BCUT2D eigenvalue weighted by Crippen LogP contribution is 2.32. The Morgan fingerprint density at radius 1 is 1.33 bits per heavy atom. The van der Waals surface area contributed by atoms with Crippen molar-refractivity contribution in [2.24, 2.45) is 0 Å². The van der Waals surface area contributed by atoms with Crippen LogP contribution >= 0.6 is 0 Å². The van der Waals surface area contributed by atoms with Gasteiger partial charge >= 0.3 is 0 Å². The number of carbonyl (C=O) groups is 1. The zero-order valence-electron chi connectivity index (χ0n) is 13.2. The Balaban J connectivity index is 1.53. The first kappa shape index (κ1) is 16.1.